The summed E-state index contributed by atoms with van der Waals surface area (Å²) in [5, 5.41) is 0. The molecule has 0 saturated heterocycles. The third-order valence-electron chi connectivity index (χ3n) is 3.02. The summed E-state index contributed by atoms with van der Waals surface area (Å²) >= 11 is 0. The van der Waals surface area contributed by atoms with E-state index in [0.717, 1.165) is 28.4 Å². The molecule has 0 aliphatic carbocycles. The van der Waals surface area contributed by atoms with Crippen molar-refractivity contribution in [1.29, 1.82) is 0 Å². The Labute approximate surface area is 111 Å². The largest absolute Gasteiger partial charge is 0.496 e. The molecule has 0 atom stereocenters. The van der Waals surface area contributed by atoms with Gasteiger partial charge in [0, 0.05) is 11.1 Å². The molecular formula is C16H14N2O. The molecule has 0 fully saturated rings. The van der Waals surface area contributed by atoms with Crippen LogP contribution < -0.4 is 4.74 Å². The normalized spacial score (nSPS) is 10.4. The summed E-state index contributed by atoms with van der Waals surface area (Å²) in [6.07, 6.45) is 1.83. The lowest BCUT2D eigenvalue weighted by Crippen LogP contribution is -1.87. The molecule has 0 aliphatic heterocycles. The quantitative estimate of drug-likeness (QED) is 0.768. The highest BCUT2D eigenvalue weighted by Gasteiger charge is 2.08. The third-order valence-corrected chi connectivity index (χ3v) is 3.02. The molecule has 0 spiro atoms. The fourth-order valence-electron chi connectivity index (χ4n) is 2.07. The van der Waals surface area contributed by atoms with Crippen LogP contribution in [0.25, 0.3) is 22.6 Å². The average Bonchev–Trinajstić information content (AvgIpc) is 2.98. The molecule has 2 aromatic carbocycles. The number of imidazole rings is 1. The van der Waals surface area contributed by atoms with Gasteiger partial charge < -0.3 is 9.72 Å². The van der Waals surface area contributed by atoms with Crippen molar-refractivity contribution in [3.8, 4) is 28.4 Å². The van der Waals surface area contributed by atoms with Crippen LogP contribution in [0, 0.1) is 0 Å². The molecule has 3 aromatic rings. The minimum atomic E-state index is 0.839. The monoisotopic (exact) mass is 250 g/mol. The molecule has 3 nitrogen and oxygen atoms in total. The van der Waals surface area contributed by atoms with Crippen LogP contribution >= 0.6 is 0 Å². The molecule has 94 valence electrons. The van der Waals surface area contributed by atoms with E-state index in [0.29, 0.717) is 0 Å². The zero-order valence-corrected chi connectivity index (χ0v) is 10.6. The van der Waals surface area contributed by atoms with Crippen LogP contribution in [0.3, 0.4) is 0 Å². The molecule has 1 N–H and O–H groups in total. The summed E-state index contributed by atoms with van der Waals surface area (Å²) in [5.41, 5.74) is 3.04. The number of benzene rings is 2. The van der Waals surface area contributed by atoms with Gasteiger partial charge in [-0.05, 0) is 12.1 Å². The van der Waals surface area contributed by atoms with E-state index in [-0.39, 0.29) is 0 Å². The highest BCUT2D eigenvalue weighted by Crippen LogP contribution is 2.29. The second-order valence-corrected chi connectivity index (χ2v) is 4.21. The fourth-order valence-corrected chi connectivity index (χ4v) is 2.07. The summed E-state index contributed by atoms with van der Waals surface area (Å²) in [4.78, 5) is 7.76. The van der Waals surface area contributed by atoms with Gasteiger partial charge in [-0.2, -0.15) is 0 Å². The molecule has 0 radical (unpaired) electrons. The highest BCUT2D eigenvalue weighted by atomic mass is 16.5. The van der Waals surface area contributed by atoms with E-state index in [1.165, 1.54) is 0 Å². The van der Waals surface area contributed by atoms with E-state index >= 15 is 0 Å². The summed E-state index contributed by atoms with van der Waals surface area (Å²) < 4.78 is 5.37. The minimum Gasteiger partial charge on any atom is -0.496 e. The van der Waals surface area contributed by atoms with Crippen LogP contribution in [0.4, 0.5) is 0 Å². The summed E-state index contributed by atoms with van der Waals surface area (Å²) in [6, 6.07) is 18.0. The number of aromatic nitrogens is 2. The smallest absolute Gasteiger partial charge is 0.137 e. The molecule has 1 aromatic heterocycles. The number of H-pyrrole nitrogens is 1. The maximum absolute atomic E-state index is 5.37. The van der Waals surface area contributed by atoms with Crippen molar-refractivity contribution in [1.82, 2.24) is 9.97 Å². The lowest BCUT2D eigenvalue weighted by molar-refractivity contribution is 0.416. The Morgan fingerprint density at radius 2 is 1.68 bits per heavy atom. The van der Waals surface area contributed by atoms with E-state index in [1.807, 2.05) is 60.8 Å². The van der Waals surface area contributed by atoms with Crippen LogP contribution in [0.5, 0.6) is 5.75 Å². The first-order valence-corrected chi connectivity index (χ1v) is 6.12. The Hall–Kier alpha value is -2.55. The van der Waals surface area contributed by atoms with Crippen molar-refractivity contribution in [2.45, 2.75) is 0 Å². The number of nitrogens with zero attached hydrogens (tertiary/aromatic N) is 1. The lowest BCUT2D eigenvalue weighted by Gasteiger charge is -2.05. The predicted molar refractivity (Wildman–Crippen MR) is 76.0 cm³/mol. The van der Waals surface area contributed by atoms with Crippen molar-refractivity contribution in [3.63, 3.8) is 0 Å². The van der Waals surface area contributed by atoms with E-state index in [2.05, 4.69) is 9.97 Å². The third kappa shape index (κ3) is 2.22. The summed E-state index contributed by atoms with van der Waals surface area (Å²) in [5.74, 6) is 1.70. The molecule has 0 amide bonds. The summed E-state index contributed by atoms with van der Waals surface area (Å²) in [6.45, 7) is 0. The van der Waals surface area contributed by atoms with Crippen molar-refractivity contribution in [2.24, 2.45) is 0 Å². The number of methoxy groups -OCH3 is 1. The van der Waals surface area contributed by atoms with E-state index < -0.39 is 0 Å². The first-order valence-electron chi connectivity index (χ1n) is 6.12. The van der Waals surface area contributed by atoms with Crippen molar-refractivity contribution in [3.05, 3.63) is 60.8 Å². The van der Waals surface area contributed by atoms with Crippen LogP contribution in [0.1, 0.15) is 0 Å². The van der Waals surface area contributed by atoms with Gasteiger partial charge in [0.25, 0.3) is 0 Å². The second kappa shape index (κ2) is 4.98. The number of aromatic amines is 1. The van der Waals surface area contributed by atoms with Gasteiger partial charge in [0.15, 0.2) is 0 Å². The Balaban J connectivity index is 2.02. The first kappa shape index (κ1) is 11.5. The Bertz CT molecular complexity index is 674. The number of hydrogen-bond acceptors (Lipinski definition) is 2. The zero-order chi connectivity index (χ0) is 13.1. The number of rotatable bonds is 3. The lowest BCUT2D eigenvalue weighted by atomic mass is 10.1. The second-order valence-electron chi connectivity index (χ2n) is 4.21. The molecule has 0 unspecified atom stereocenters. The highest BCUT2D eigenvalue weighted by molar-refractivity contribution is 5.69. The Morgan fingerprint density at radius 1 is 0.947 bits per heavy atom. The van der Waals surface area contributed by atoms with Crippen LogP contribution in [-0.4, -0.2) is 17.1 Å². The molecule has 3 rings (SSSR count). The average molecular weight is 250 g/mol. The van der Waals surface area contributed by atoms with Crippen molar-refractivity contribution in [2.75, 3.05) is 7.11 Å². The van der Waals surface area contributed by atoms with Crippen molar-refractivity contribution >= 4 is 0 Å². The number of hydrogen-bond donors (Lipinski definition) is 1. The van der Waals surface area contributed by atoms with E-state index in [1.54, 1.807) is 7.11 Å². The van der Waals surface area contributed by atoms with Crippen molar-refractivity contribution < 1.29 is 4.74 Å². The Kier molecular flexibility index (Phi) is 3.02. The van der Waals surface area contributed by atoms with E-state index in [9.17, 15) is 0 Å². The Morgan fingerprint density at radius 3 is 2.47 bits per heavy atom. The van der Waals surface area contributed by atoms with Gasteiger partial charge in [-0.25, -0.2) is 4.98 Å². The van der Waals surface area contributed by atoms with Gasteiger partial charge in [0.05, 0.1) is 19.0 Å². The molecule has 0 saturated carbocycles. The van der Waals surface area contributed by atoms with Gasteiger partial charge in [-0.15, -0.1) is 0 Å². The number of nitrogens with one attached hydrogen (secondary N) is 1. The van der Waals surface area contributed by atoms with Crippen LogP contribution in [0.2, 0.25) is 0 Å². The molecule has 0 bridgehead atoms. The minimum absolute atomic E-state index is 0.839. The molecule has 1 heterocycles. The summed E-state index contributed by atoms with van der Waals surface area (Å²) in [7, 11) is 1.67. The van der Waals surface area contributed by atoms with Gasteiger partial charge >= 0.3 is 0 Å². The molecular weight excluding hydrogens is 236 g/mol. The van der Waals surface area contributed by atoms with Gasteiger partial charge in [0.1, 0.15) is 11.6 Å². The van der Waals surface area contributed by atoms with Crippen LogP contribution in [0.15, 0.2) is 60.8 Å². The maximum atomic E-state index is 5.37. The first-order chi connectivity index (χ1) is 9.38. The molecule has 3 heteroatoms. The van der Waals surface area contributed by atoms with E-state index in [4.69, 9.17) is 4.74 Å². The van der Waals surface area contributed by atoms with Gasteiger partial charge in [-0.3, -0.25) is 0 Å². The molecule has 19 heavy (non-hydrogen) atoms. The zero-order valence-electron chi connectivity index (χ0n) is 10.6. The maximum Gasteiger partial charge on any atom is 0.137 e. The number of para-hydroxylation sites is 1. The topological polar surface area (TPSA) is 37.9 Å². The SMILES string of the molecule is COc1ccccc1-c1cnc(-c2ccccc2)[nH]1. The fraction of sp³-hybridized carbons (Fsp3) is 0.0625. The number of ether oxygens (including phenoxy) is 1. The van der Waals surface area contributed by atoms with Gasteiger partial charge in [0.2, 0.25) is 0 Å². The standard InChI is InChI=1S/C16H14N2O/c1-19-15-10-6-5-9-13(15)14-11-17-16(18-14)12-7-3-2-4-8-12/h2-11H,1H3,(H,17,18). The van der Waals surface area contributed by atoms with Gasteiger partial charge in [-0.1, -0.05) is 42.5 Å². The van der Waals surface area contributed by atoms with Crippen LogP contribution in [-0.2, 0) is 0 Å². The molecule has 0 aliphatic rings. The predicted octanol–water partition coefficient (Wildman–Crippen LogP) is 3.75.